The van der Waals surface area contributed by atoms with Crippen LogP contribution in [0.3, 0.4) is 0 Å². The third-order valence-corrected chi connectivity index (χ3v) is 2.56. The van der Waals surface area contributed by atoms with E-state index in [4.69, 9.17) is 15.7 Å². The second kappa shape index (κ2) is 7.42. The van der Waals surface area contributed by atoms with Gasteiger partial charge in [-0.2, -0.15) is 0 Å². The maximum Gasteiger partial charge on any atom is 0.139 e. The summed E-state index contributed by atoms with van der Waals surface area (Å²) in [6.45, 7) is 0.635. The molecular formula is C13H21N3O2. The van der Waals surface area contributed by atoms with E-state index in [1.165, 1.54) is 0 Å². The van der Waals surface area contributed by atoms with Crippen molar-refractivity contribution in [2.24, 2.45) is 10.9 Å². The lowest BCUT2D eigenvalue weighted by molar-refractivity contribution is 0.304. The van der Waals surface area contributed by atoms with Gasteiger partial charge in [-0.15, -0.1) is 0 Å². The van der Waals surface area contributed by atoms with E-state index >= 15 is 0 Å². The van der Waals surface area contributed by atoms with E-state index in [0.717, 1.165) is 24.3 Å². The zero-order valence-corrected chi connectivity index (χ0v) is 11.0. The molecule has 0 amide bonds. The van der Waals surface area contributed by atoms with Crippen LogP contribution in [0.2, 0.25) is 0 Å². The zero-order chi connectivity index (χ0) is 13.4. The molecule has 18 heavy (non-hydrogen) atoms. The van der Waals surface area contributed by atoms with Gasteiger partial charge in [0.25, 0.3) is 0 Å². The van der Waals surface area contributed by atoms with Crippen molar-refractivity contribution in [1.82, 2.24) is 0 Å². The van der Waals surface area contributed by atoms with Gasteiger partial charge in [-0.3, -0.25) is 0 Å². The average molecular weight is 251 g/mol. The molecule has 0 heterocycles. The summed E-state index contributed by atoms with van der Waals surface area (Å²) in [7, 11) is 3.99. The number of amidine groups is 1. The minimum atomic E-state index is 0.268. The number of unbranched alkanes of at least 4 members (excludes halogenated alkanes) is 1. The number of nitrogens with zero attached hydrogens (tertiary/aromatic N) is 2. The Hall–Kier alpha value is -1.91. The molecule has 0 aliphatic carbocycles. The summed E-state index contributed by atoms with van der Waals surface area (Å²) >= 11 is 0. The van der Waals surface area contributed by atoms with Gasteiger partial charge in [-0.25, -0.2) is 0 Å². The SMILES string of the molecule is CN(C)c1cccc(OCCCCC(N)=NO)c1. The van der Waals surface area contributed by atoms with Gasteiger partial charge in [-0.05, 0) is 25.0 Å². The van der Waals surface area contributed by atoms with Crippen molar-refractivity contribution in [2.45, 2.75) is 19.3 Å². The Bertz CT molecular complexity index is 392. The van der Waals surface area contributed by atoms with Crippen LogP contribution in [0, 0.1) is 0 Å². The molecule has 1 aromatic rings. The molecule has 0 fully saturated rings. The molecule has 100 valence electrons. The third-order valence-electron chi connectivity index (χ3n) is 2.56. The van der Waals surface area contributed by atoms with Gasteiger partial charge in [0.1, 0.15) is 11.6 Å². The van der Waals surface area contributed by atoms with Crippen LogP contribution in [0.4, 0.5) is 5.69 Å². The van der Waals surface area contributed by atoms with Gasteiger partial charge in [0.05, 0.1) is 6.61 Å². The van der Waals surface area contributed by atoms with Crippen LogP contribution in [-0.2, 0) is 0 Å². The van der Waals surface area contributed by atoms with Crippen molar-refractivity contribution in [1.29, 1.82) is 0 Å². The summed E-state index contributed by atoms with van der Waals surface area (Å²) in [4.78, 5) is 2.03. The second-order valence-electron chi connectivity index (χ2n) is 4.29. The summed E-state index contributed by atoms with van der Waals surface area (Å²) in [6.07, 6.45) is 2.32. The topological polar surface area (TPSA) is 71.1 Å². The van der Waals surface area contributed by atoms with E-state index in [0.29, 0.717) is 13.0 Å². The molecule has 0 atom stereocenters. The number of anilines is 1. The average Bonchev–Trinajstić information content (AvgIpc) is 2.38. The molecule has 1 rings (SSSR count). The van der Waals surface area contributed by atoms with E-state index in [-0.39, 0.29) is 5.84 Å². The van der Waals surface area contributed by atoms with Crippen LogP contribution in [0.15, 0.2) is 29.4 Å². The van der Waals surface area contributed by atoms with Crippen molar-refractivity contribution in [3.05, 3.63) is 24.3 Å². The predicted molar refractivity (Wildman–Crippen MR) is 73.5 cm³/mol. The van der Waals surface area contributed by atoms with Crippen LogP contribution < -0.4 is 15.4 Å². The Morgan fingerprint density at radius 2 is 2.17 bits per heavy atom. The summed E-state index contributed by atoms with van der Waals surface area (Å²) in [5.41, 5.74) is 6.49. The molecule has 0 aliphatic rings. The van der Waals surface area contributed by atoms with Crippen LogP contribution in [-0.4, -0.2) is 31.7 Å². The molecular weight excluding hydrogens is 230 g/mol. The maximum absolute atomic E-state index is 8.38. The van der Waals surface area contributed by atoms with Crippen molar-refractivity contribution in [3.8, 4) is 5.75 Å². The highest BCUT2D eigenvalue weighted by Gasteiger charge is 1.99. The van der Waals surface area contributed by atoms with E-state index in [2.05, 4.69) is 5.16 Å². The van der Waals surface area contributed by atoms with Crippen molar-refractivity contribution < 1.29 is 9.94 Å². The first-order valence-corrected chi connectivity index (χ1v) is 6.00. The molecule has 0 aliphatic heterocycles. The number of oxime groups is 1. The number of nitrogens with two attached hydrogens (primary N) is 1. The standard InChI is InChI=1S/C13H21N3O2/c1-16(2)11-6-5-7-12(10-11)18-9-4-3-8-13(14)15-17/h5-7,10,17H,3-4,8-9H2,1-2H3,(H2,14,15). The molecule has 5 nitrogen and oxygen atoms in total. The van der Waals surface area contributed by atoms with Crippen molar-refractivity contribution >= 4 is 11.5 Å². The summed E-state index contributed by atoms with van der Waals surface area (Å²) in [6, 6.07) is 7.95. The van der Waals surface area contributed by atoms with E-state index in [1.54, 1.807) is 0 Å². The molecule has 1 aromatic carbocycles. The summed E-state index contributed by atoms with van der Waals surface area (Å²) in [5, 5.41) is 11.3. The second-order valence-corrected chi connectivity index (χ2v) is 4.29. The first kappa shape index (κ1) is 14.2. The highest BCUT2D eigenvalue weighted by atomic mass is 16.5. The molecule has 0 spiro atoms. The van der Waals surface area contributed by atoms with Gasteiger partial charge in [0.2, 0.25) is 0 Å². The van der Waals surface area contributed by atoms with Gasteiger partial charge in [0.15, 0.2) is 0 Å². The maximum atomic E-state index is 8.38. The van der Waals surface area contributed by atoms with Gasteiger partial charge < -0.3 is 20.6 Å². The monoisotopic (exact) mass is 251 g/mol. The molecule has 0 radical (unpaired) electrons. The van der Waals surface area contributed by atoms with Crippen molar-refractivity contribution in [2.75, 3.05) is 25.6 Å². The lowest BCUT2D eigenvalue weighted by atomic mass is 10.2. The fourth-order valence-corrected chi connectivity index (χ4v) is 1.50. The lowest BCUT2D eigenvalue weighted by Gasteiger charge is -2.14. The Labute approximate surface area is 108 Å². The molecule has 0 saturated heterocycles. The predicted octanol–water partition coefficient (Wildman–Crippen LogP) is 2.05. The Morgan fingerprint density at radius 1 is 1.39 bits per heavy atom. The third kappa shape index (κ3) is 4.95. The Balaban J connectivity index is 2.29. The molecule has 5 heteroatoms. The highest BCUT2D eigenvalue weighted by Crippen LogP contribution is 2.19. The number of rotatable bonds is 7. The molecule has 0 aromatic heterocycles. The first-order chi connectivity index (χ1) is 8.63. The van der Waals surface area contributed by atoms with E-state index in [9.17, 15) is 0 Å². The van der Waals surface area contributed by atoms with Gasteiger partial charge in [-0.1, -0.05) is 11.2 Å². The number of ether oxygens (including phenoxy) is 1. The smallest absolute Gasteiger partial charge is 0.139 e. The quantitative estimate of drug-likeness (QED) is 0.256. The fourth-order valence-electron chi connectivity index (χ4n) is 1.50. The number of hydrogen-bond donors (Lipinski definition) is 2. The van der Waals surface area contributed by atoms with E-state index in [1.807, 2.05) is 43.3 Å². The fraction of sp³-hybridized carbons (Fsp3) is 0.462. The highest BCUT2D eigenvalue weighted by molar-refractivity contribution is 5.79. The number of hydrogen-bond acceptors (Lipinski definition) is 4. The van der Waals surface area contributed by atoms with Crippen LogP contribution in [0.5, 0.6) is 5.75 Å². The van der Waals surface area contributed by atoms with Gasteiger partial charge >= 0.3 is 0 Å². The Kier molecular flexibility index (Phi) is 5.84. The Morgan fingerprint density at radius 3 is 2.83 bits per heavy atom. The van der Waals surface area contributed by atoms with Crippen LogP contribution in [0.1, 0.15) is 19.3 Å². The minimum Gasteiger partial charge on any atom is -0.494 e. The lowest BCUT2D eigenvalue weighted by Crippen LogP contribution is -2.11. The molecule has 0 saturated carbocycles. The van der Waals surface area contributed by atoms with Crippen LogP contribution in [0.25, 0.3) is 0 Å². The number of benzene rings is 1. The molecule has 0 unspecified atom stereocenters. The minimum absolute atomic E-state index is 0.268. The summed E-state index contributed by atoms with van der Waals surface area (Å²) < 4.78 is 5.64. The largest absolute Gasteiger partial charge is 0.494 e. The normalized spacial score (nSPS) is 11.3. The van der Waals surface area contributed by atoms with Crippen LogP contribution >= 0.6 is 0 Å². The molecule has 0 bridgehead atoms. The zero-order valence-electron chi connectivity index (χ0n) is 11.0. The first-order valence-electron chi connectivity index (χ1n) is 6.00. The van der Waals surface area contributed by atoms with Gasteiger partial charge in [0, 0.05) is 32.3 Å². The van der Waals surface area contributed by atoms with Crippen molar-refractivity contribution in [3.63, 3.8) is 0 Å². The molecule has 3 N–H and O–H groups in total. The van der Waals surface area contributed by atoms with E-state index < -0.39 is 0 Å². The summed E-state index contributed by atoms with van der Waals surface area (Å²) in [5.74, 6) is 1.13.